The quantitative estimate of drug-likeness (QED) is 0.603. The van der Waals surface area contributed by atoms with Gasteiger partial charge in [0.05, 0.1) is 6.10 Å². The minimum atomic E-state index is -0.0996. The summed E-state index contributed by atoms with van der Waals surface area (Å²) >= 11 is 0. The van der Waals surface area contributed by atoms with E-state index < -0.39 is 0 Å². The van der Waals surface area contributed by atoms with Crippen LogP contribution >= 0.6 is 0 Å². The fourth-order valence-corrected chi connectivity index (χ4v) is 2.00. The maximum atomic E-state index is 5.35. The molecule has 0 radical (unpaired) electrons. The highest BCUT2D eigenvalue weighted by atomic mass is 16.7. The summed E-state index contributed by atoms with van der Waals surface area (Å²) in [6.45, 7) is 0. The van der Waals surface area contributed by atoms with Crippen LogP contribution in [0.2, 0.25) is 0 Å². The SMILES string of the molecule is COC(OC)[C@H]1CCC[C@H]1OC. The predicted octanol–water partition coefficient (Wildman–Crippen LogP) is 1.42. The Balaban J connectivity index is 2.47. The van der Waals surface area contributed by atoms with Crippen molar-refractivity contribution in [1.82, 2.24) is 0 Å². The van der Waals surface area contributed by atoms with Crippen LogP contribution in [0, 0.1) is 5.92 Å². The Bertz CT molecular complexity index is 123. The molecule has 1 fully saturated rings. The minimum Gasteiger partial charge on any atom is -0.381 e. The van der Waals surface area contributed by atoms with E-state index in [1.807, 2.05) is 0 Å². The van der Waals surface area contributed by atoms with E-state index in [-0.39, 0.29) is 6.29 Å². The van der Waals surface area contributed by atoms with Crippen molar-refractivity contribution >= 4 is 0 Å². The molecule has 0 N–H and O–H groups in total. The summed E-state index contributed by atoms with van der Waals surface area (Å²) in [5.74, 6) is 0.407. The third kappa shape index (κ3) is 1.97. The van der Waals surface area contributed by atoms with Crippen molar-refractivity contribution in [3.63, 3.8) is 0 Å². The maximum Gasteiger partial charge on any atom is 0.162 e. The Morgan fingerprint density at radius 3 is 2.25 bits per heavy atom. The molecule has 0 aromatic heterocycles. The van der Waals surface area contributed by atoms with Crippen LogP contribution in [0.15, 0.2) is 0 Å². The van der Waals surface area contributed by atoms with Crippen LogP contribution in [0.25, 0.3) is 0 Å². The molecule has 0 aromatic carbocycles. The minimum absolute atomic E-state index is 0.0996. The second-order valence-corrected chi connectivity index (χ2v) is 3.21. The molecule has 0 spiro atoms. The first-order valence-electron chi connectivity index (χ1n) is 4.42. The van der Waals surface area contributed by atoms with Crippen LogP contribution < -0.4 is 0 Å². The Morgan fingerprint density at radius 2 is 1.75 bits per heavy atom. The third-order valence-electron chi connectivity index (χ3n) is 2.62. The first-order valence-corrected chi connectivity index (χ1v) is 4.42. The highest BCUT2D eigenvalue weighted by molar-refractivity contribution is 4.80. The standard InChI is InChI=1S/C9H18O3/c1-10-8-6-4-5-7(8)9(11-2)12-3/h7-9H,4-6H2,1-3H3/t7-,8+/m0/s1. The van der Waals surface area contributed by atoms with Gasteiger partial charge >= 0.3 is 0 Å². The average molecular weight is 174 g/mol. The van der Waals surface area contributed by atoms with Gasteiger partial charge in [-0.1, -0.05) is 6.42 Å². The second-order valence-electron chi connectivity index (χ2n) is 3.21. The molecule has 1 aliphatic carbocycles. The highest BCUT2D eigenvalue weighted by Gasteiger charge is 2.33. The molecular weight excluding hydrogens is 156 g/mol. The van der Waals surface area contributed by atoms with Crippen molar-refractivity contribution in [2.45, 2.75) is 31.7 Å². The van der Waals surface area contributed by atoms with Gasteiger partial charge < -0.3 is 14.2 Å². The van der Waals surface area contributed by atoms with E-state index in [2.05, 4.69) is 0 Å². The predicted molar refractivity (Wildman–Crippen MR) is 45.9 cm³/mol. The monoisotopic (exact) mass is 174 g/mol. The first-order chi connectivity index (χ1) is 5.83. The summed E-state index contributed by atoms with van der Waals surface area (Å²) in [7, 11) is 5.11. The average Bonchev–Trinajstić information content (AvgIpc) is 2.55. The van der Waals surface area contributed by atoms with Gasteiger partial charge in [-0.05, 0) is 12.8 Å². The lowest BCUT2D eigenvalue weighted by Crippen LogP contribution is -2.31. The van der Waals surface area contributed by atoms with E-state index in [0.717, 1.165) is 12.8 Å². The molecule has 2 atom stereocenters. The molecule has 0 aromatic rings. The maximum absolute atomic E-state index is 5.35. The van der Waals surface area contributed by atoms with Crippen LogP contribution in [-0.2, 0) is 14.2 Å². The zero-order valence-electron chi connectivity index (χ0n) is 8.08. The van der Waals surface area contributed by atoms with E-state index in [1.54, 1.807) is 21.3 Å². The van der Waals surface area contributed by atoms with Gasteiger partial charge in [-0.3, -0.25) is 0 Å². The first kappa shape index (κ1) is 9.96. The number of methoxy groups -OCH3 is 3. The Hall–Kier alpha value is -0.120. The molecular formula is C9H18O3. The molecule has 1 saturated carbocycles. The summed E-state index contributed by atoms with van der Waals surface area (Å²) in [5, 5.41) is 0. The lowest BCUT2D eigenvalue weighted by molar-refractivity contribution is -0.158. The summed E-state index contributed by atoms with van der Waals surface area (Å²) in [4.78, 5) is 0. The number of ether oxygens (including phenoxy) is 3. The molecule has 0 aliphatic heterocycles. The molecule has 0 unspecified atom stereocenters. The molecule has 1 aliphatic rings. The van der Waals surface area contributed by atoms with Gasteiger partial charge in [0.2, 0.25) is 0 Å². The van der Waals surface area contributed by atoms with Crippen molar-refractivity contribution < 1.29 is 14.2 Å². The van der Waals surface area contributed by atoms with Crippen molar-refractivity contribution in [3.8, 4) is 0 Å². The number of hydrogen-bond acceptors (Lipinski definition) is 3. The van der Waals surface area contributed by atoms with Crippen molar-refractivity contribution in [1.29, 1.82) is 0 Å². The lowest BCUT2D eigenvalue weighted by Gasteiger charge is -2.25. The Morgan fingerprint density at radius 1 is 1.08 bits per heavy atom. The smallest absolute Gasteiger partial charge is 0.162 e. The second kappa shape index (κ2) is 4.80. The summed E-state index contributed by atoms with van der Waals surface area (Å²) in [6, 6.07) is 0. The van der Waals surface area contributed by atoms with E-state index >= 15 is 0 Å². The van der Waals surface area contributed by atoms with Gasteiger partial charge in [-0.2, -0.15) is 0 Å². The van der Waals surface area contributed by atoms with Gasteiger partial charge in [0.25, 0.3) is 0 Å². The molecule has 72 valence electrons. The number of rotatable bonds is 4. The van der Waals surface area contributed by atoms with Crippen molar-refractivity contribution in [2.24, 2.45) is 5.92 Å². The molecule has 3 heteroatoms. The number of hydrogen-bond donors (Lipinski definition) is 0. The lowest BCUT2D eigenvalue weighted by atomic mass is 10.1. The molecule has 0 amide bonds. The van der Waals surface area contributed by atoms with E-state index in [0.29, 0.717) is 12.0 Å². The van der Waals surface area contributed by atoms with Crippen LogP contribution in [0.4, 0.5) is 0 Å². The zero-order valence-corrected chi connectivity index (χ0v) is 8.08. The van der Waals surface area contributed by atoms with Gasteiger partial charge in [-0.25, -0.2) is 0 Å². The van der Waals surface area contributed by atoms with Crippen molar-refractivity contribution in [3.05, 3.63) is 0 Å². The van der Waals surface area contributed by atoms with Crippen LogP contribution in [-0.4, -0.2) is 33.7 Å². The van der Waals surface area contributed by atoms with Gasteiger partial charge in [0.15, 0.2) is 6.29 Å². The fourth-order valence-electron chi connectivity index (χ4n) is 2.00. The van der Waals surface area contributed by atoms with E-state index in [9.17, 15) is 0 Å². The van der Waals surface area contributed by atoms with Crippen LogP contribution in [0.3, 0.4) is 0 Å². The molecule has 0 bridgehead atoms. The summed E-state index contributed by atoms with van der Waals surface area (Å²) in [6.07, 6.45) is 3.70. The fraction of sp³-hybridized carbons (Fsp3) is 1.00. The largest absolute Gasteiger partial charge is 0.381 e. The molecule has 3 nitrogen and oxygen atoms in total. The topological polar surface area (TPSA) is 27.7 Å². The zero-order chi connectivity index (χ0) is 8.97. The normalized spacial score (nSPS) is 30.0. The van der Waals surface area contributed by atoms with E-state index in [1.165, 1.54) is 6.42 Å². The van der Waals surface area contributed by atoms with Crippen molar-refractivity contribution in [2.75, 3.05) is 21.3 Å². The molecule has 0 heterocycles. The summed E-state index contributed by atoms with van der Waals surface area (Å²) < 4.78 is 15.8. The van der Waals surface area contributed by atoms with Gasteiger partial charge in [0, 0.05) is 27.2 Å². The third-order valence-corrected chi connectivity index (χ3v) is 2.62. The van der Waals surface area contributed by atoms with Gasteiger partial charge in [-0.15, -0.1) is 0 Å². The van der Waals surface area contributed by atoms with Crippen LogP contribution in [0.5, 0.6) is 0 Å². The highest BCUT2D eigenvalue weighted by Crippen LogP contribution is 2.31. The van der Waals surface area contributed by atoms with Gasteiger partial charge in [0.1, 0.15) is 0 Å². The molecule has 12 heavy (non-hydrogen) atoms. The Kier molecular flexibility index (Phi) is 3.98. The Labute approximate surface area is 74.0 Å². The molecule has 1 rings (SSSR count). The van der Waals surface area contributed by atoms with E-state index in [4.69, 9.17) is 14.2 Å². The summed E-state index contributed by atoms with van der Waals surface area (Å²) in [5.41, 5.74) is 0. The molecule has 0 saturated heterocycles. The van der Waals surface area contributed by atoms with Crippen LogP contribution in [0.1, 0.15) is 19.3 Å².